The largest absolute Gasteiger partial charge is 0.370 e. The van der Waals surface area contributed by atoms with Crippen LogP contribution in [0.2, 0.25) is 0 Å². The van der Waals surface area contributed by atoms with E-state index >= 15 is 0 Å². The van der Waals surface area contributed by atoms with Gasteiger partial charge in [-0.2, -0.15) is 0 Å². The molecule has 0 aromatic carbocycles. The number of hydrogen-bond acceptors (Lipinski definition) is 4. The van der Waals surface area contributed by atoms with Crippen molar-refractivity contribution in [3.8, 4) is 0 Å². The van der Waals surface area contributed by atoms with Crippen molar-refractivity contribution >= 4 is 33.3 Å². The number of nitrogens with one attached hydrogen (secondary N) is 3. The van der Waals surface area contributed by atoms with Crippen molar-refractivity contribution in [2.24, 2.45) is 0 Å². The zero-order chi connectivity index (χ0) is 11.3. The Morgan fingerprint density at radius 1 is 1.47 bits per heavy atom. The van der Waals surface area contributed by atoms with Gasteiger partial charge in [-0.25, -0.2) is 15.1 Å². The molecule has 0 atom stereocenters. The van der Waals surface area contributed by atoms with Crippen LogP contribution in [0.3, 0.4) is 0 Å². The van der Waals surface area contributed by atoms with Crippen LogP contribution in [0.1, 0.15) is 0 Å². The molecule has 76 valence electrons. The average Bonchev–Trinajstić information content (AvgIpc) is 2.68. The number of thiazole rings is 1. The molecule has 0 bridgehead atoms. The van der Waals surface area contributed by atoms with E-state index in [1.165, 1.54) is 7.05 Å². The highest BCUT2D eigenvalue weighted by molar-refractivity contribution is 7.20. The lowest BCUT2D eigenvalue weighted by Crippen LogP contribution is -2.36. The second kappa shape index (κ2) is 4.79. The minimum absolute atomic E-state index is 0.0382. The third-order valence-corrected chi connectivity index (χ3v) is 2.16. The van der Waals surface area contributed by atoms with Gasteiger partial charge in [0.15, 0.2) is 0 Å². The minimum atomic E-state index is -0.432. The maximum Gasteiger partial charge on any atom is 0.333 e. The highest BCUT2D eigenvalue weighted by Gasteiger charge is 2.13. The molecule has 1 aromatic rings. The number of amides is 2. The molecule has 15 heavy (non-hydrogen) atoms. The van der Waals surface area contributed by atoms with Crippen LogP contribution < -0.4 is 16.2 Å². The Kier molecular flexibility index (Phi) is 3.43. The second-order valence-corrected chi connectivity index (χ2v) is 3.18. The maximum absolute atomic E-state index is 10.8. The molecule has 0 saturated carbocycles. The van der Waals surface area contributed by atoms with Gasteiger partial charge in [-0.15, -0.1) is 16.3 Å². The molecule has 1 rings (SSSR count). The maximum atomic E-state index is 10.8. The van der Waals surface area contributed by atoms with Crippen LogP contribution >= 0.6 is 11.3 Å². The van der Waals surface area contributed by atoms with Crippen LogP contribution in [0.15, 0.2) is 0 Å². The number of anilines is 1. The van der Waals surface area contributed by atoms with Crippen molar-refractivity contribution < 1.29 is 4.79 Å². The van der Waals surface area contributed by atoms with E-state index in [0.29, 0.717) is 5.13 Å². The Hall–Kier alpha value is -2.32. The molecule has 0 fully saturated rings. The molecule has 0 aliphatic heterocycles. The highest BCUT2D eigenvalue weighted by Crippen LogP contribution is 2.36. The lowest BCUT2D eigenvalue weighted by molar-refractivity contribution is 0.245. The first kappa shape index (κ1) is 10.8. The first-order chi connectivity index (χ1) is 7.21. The molecule has 0 aliphatic carbocycles. The molecule has 8 heteroatoms. The quantitative estimate of drug-likeness (QED) is 0.524. The molecule has 1 heterocycles. The van der Waals surface area contributed by atoms with Gasteiger partial charge in [0.25, 0.3) is 16.0 Å². The number of hydrogen-bond donors (Lipinski definition) is 3. The number of urea groups is 1. The van der Waals surface area contributed by atoms with Crippen LogP contribution in [0.5, 0.6) is 0 Å². The Morgan fingerprint density at radius 2 is 2.20 bits per heavy atom. The van der Waals surface area contributed by atoms with Crippen molar-refractivity contribution in [1.82, 2.24) is 15.7 Å². The molecular weight excluding hydrogens is 216 g/mol. The topological polar surface area (TPSA) is 74.8 Å². The van der Waals surface area contributed by atoms with E-state index in [0.717, 1.165) is 11.3 Å². The molecule has 0 unspecified atom stereocenters. The molecule has 0 saturated heterocycles. The highest BCUT2D eigenvalue weighted by atomic mass is 32.1. The Bertz CT molecular complexity index is 422. The number of hydrazine groups is 1. The first-order valence-corrected chi connectivity index (χ1v) is 4.52. The fourth-order valence-electron chi connectivity index (χ4n) is 0.676. The monoisotopic (exact) mass is 222 g/mol. The lowest BCUT2D eigenvalue weighted by Gasteiger charge is -2.01. The Morgan fingerprint density at radius 3 is 2.67 bits per heavy atom. The Labute approximate surface area is 89.7 Å². The van der Waals surface area contributed by atoms with Crippen molar-refractivity contribution in [3.05, 3.63) is 22.8 Å². The molecule has 0 spiro atoms. The standard InChI is InChI=1S/C7H6N6OS/c1-8-4-5(9-2)15-7(11-4)13-12-6(14)10-3/h3H3,(H,11,13)(H2,10,12,14). The van der Waals surface area contributed by atoms with E-state index in [1.807, 2.05) is 0 Å². The van der Waals surface area contributed by atoms with Gasteiger partial charge in [0.2, 0.25) is 0 Å². The van der Waals surface area contributed by atoms with Gasteiger partial charge in [0.1, 0.15) is 0 Å². The number of rotatable bonds is 2. The summed E-state index contributed by atoms with van der Waals surface area (Å²) in [6.07, 6.45) is 0. The predicted molar refractivity (Wildman–Crippen MR) is 55.9 cm³/mol. The van der Waals surface area contributed by atoms with E-state index in [-0.39, 0.29) is 10.8 Å². The molecule has 0 radical (unpaired) electrons. The van der Waals surface area contributed by atoms with Gasteiger partial charge in [-0.05, 0) is 0 Å². The number of carbonyl (C=O) groups excluding carboxylic acids is 1. The van der Waals surface area contributed by atoms with Crippen molar-refractivity contribution in [1.29, 1.82) is 0 Å². The fourth-order valence-corrected chi connectivity index (χ4v) is 1.32. The number of carbonyl (C=O) groups is 1. The van der Waals surface area contributed by atoms with E-state index in [2.05, 4.69) is 30.8 Å². The normalized spacial score (nSPS) is 8.47. The summed E-state index contributed by atoms with van der Waals surface area (Å²) in [6, 6.07) is -0.432. The average molecular weight is 222 g/mol. The lowest BCUT2D eigenvalue weighted by atomic mass is 10.7. The summed E-state index contributed by atoms with van der Waals surface area (Å²) in [6.45, 7) is 13.5. The smallest absolute Gasteiger partial charge is 0.333 e. The predicted octanol–water partition coefficient (Wildman–Crippen LogP) is 1.50. The SMILES string of the molecule is [C-]#[N+]c1nc(NNC(=O)NC)sc1[N+]#[C-]. The summed E-state index contributed by atoms with van der Waals surface area (Å²) < 4.78 is 0. The summed E-state index contributed by atoms with van der Waals surface area (Å²) in [5.74, 6) is 0.0382. The summed E-state index contributed by atoms with van der Waals surface area (Å²) in [5.41, 5.74) is 4.76. The van der Waals surface area contributed by atoms with Gasteiger partial charge in [-0.1, -0.05) is 6.57 Å². The third kappa shape index (κ3) is 2.56. The number of nitrogens with zero attached hydrogens (tertiary/aromatic N) is 3. The van der Waals surface area contributed by atoms with Crippen LogP contribution in [0, 0.1) is 13.1 Å². The van der Waals surface area contributed by atoms with E-state index < -0.39 is 6.03 Å². The molecule has 7 nitrogen and oxygen atoms in total. The van der Waals surface area contributed by atoms with Gasteiger partial charge in [0.05, 0.1) is 6.57 Å². The molecule has 2 amide bonds. The van der Waals surface area contributed by atoms with Gasteiger partial charge >= 0.3 is 6.03 Å². The van der Waals surface area contributed by atoms with E-state index in [1.54, 1.807) is 0 Å². The molecule has 1 aromatic heterocycles. The van der Waals surface area contributed by atoms with Gasteiger partial charge in [-0.3, -0.25) is 5.43 Å². The molecular formula is C7H6N6OS. The minimum Gasteiger partial charge on any atom is -0.370 e. The second-order valence-electron chi connectivity index (χ2n) is 2.20. The van der Waals surface area contributed by atoms with Crippen molar-refractivity contribution in [3.63, 3.8) is 0 Å². The van der Waals surface area contributed by atoms with Crippen LogP contribution in [-0.4, -0.2) is 18.1 Å². The van der Waals surface area contributed by atoms with Crippen molar-refractivity contribution in [2.45, 2.75) is 0 Å². The van der Waals surface area contributed by atoms with E-state index in [9.17, 15) is 4.79 Å². The van der Waals surface area contributed by atoms with Crippen LogP contribution in [-0.2, 0) is 0 Å². The summed E-state index contributed by atoms with van der Waals surface area (Å²) >= 11 is 1.00. The summed E-state index contributed by atoms with van der Waals surface area (Å²) in [5, 5.41) is 2.83. The fraction of sp³-hybridized carbons (Fsp3) is 0.143. The first-order valence-electron chi connectivity index (χ1n) is 3.70. The van der Waals surface area contributed by atoms with Crippen molar-refractivity contribution in [2.75, 3.05) is 12.5 Å². The zero-order valence-corrected chi connectivity index (χ0v) is 8.47. The molecule has 3 N–H and O–H groups in total. The van der Waals surface area contributed by atoms with Gasteiger partial charge in [0, 0.05) is 7.05 Å². The Balaban J connectivity index is 2.73. The van der Waals surface area contributed by atoms with Crippen LogP contribution in [0.4, 0.5) is 20.7 Å². The third-order valence-electron chi connectivity index (χ3n) is 1.31. The zero-order valence-electron chi connectivity index (χ0n) is 7.66. The van der Waals surface area contributed by atoms with Crippen LogP contribution in [0.25, 0.3) is 9.69 Å². The summed E-state index contributed by atoms with van der Waals surface area (Å²) in [4.78, 5) is 20.8. The van der Waals surface area contributed by atoms with Gasteiger partial charge < -0.3 is 10.2 Å². The number of aromatic nitrogens is 1. The summed E-state index contributed by atoms with van der Waals surface area (Å²) in [7, 11) is 1.47. The molecule has 0 aliphatic rings. The van der Waals surface area contributed by atoms with E-state index in [4.69, 9.17) is 13.1 Å².